The topological polar surface area (TPSA) is 56.9 Å². The molecule has 2 aromatic rings. The van der Waals surface area contributed by atoms with E-state index < -0.39 is 0 Å². The third-order valence-corrected chi connectivity index (χ3v) is 5.29. The number of hydrogen-bond donors (Lipinski definition) is 2. The number of nitrogens with one attached hydrogen (secondary N) is 1. The second kappa shape index (κ2) is 7.43. The number of anilines is 1. The SMILES string of the molecule is NC(=S)NN=Cc1ccc(N2C[C@@H]3C[C@H]2CN3Cc2ccccc2)cc1. The molecule has 2 atom stereocenters. The van der Waals surface area contributed by atoms with Crippen LogP contribution in [0.2, 0.25) is 0 Å². The number of thiocarbonyl (C=S) groups is 1. The van der Waals surface area contributed by atoms with E-state index in [-0.39, 0.29) is 5.11 Å². The van der Waals surface area contributed by atoms with Gasteiger partial charge in [-0.2, -0.15) is 5.10 Å². The van der Waals surface area contributed by atoms with Crippen LogP contribution < -0.4 is 16.1 Å². The molecular formula is C20H23N5S. The number of nitrogens with two attached hydrogens (primary N) is 1. The summed E-state index contributed by atoms with van der Waals surface area (Å²) in [6.45, 7) is 3.30. The summed E-state index contributed by atoms with van der Waals surface area (Å²) < 4.78 is 0. The molecule has 0 radical (unpaired) electrons. The van der Waals surface area contributed by atoms with Gasteiger partial charge in [-0.05, 0) is 41.9 Å². The minimum Gasteiger partial charge on any atom is -0.375 e. The fourth-order valence-electron chi connectivity index (χ4n) is 4.00. The number of fused-ring (bicyclic) bond motifs is 2. The van der Waals surface area contributed by atoms with Crippen molar-refractivity contribution < 1.29 is 0 Å². The van der Waals surface area contributed by atoms with E-state index in [2.05, 4.69) is 74.9 Å². The normalized spacial score (nSPS) is 22.2. The van der Waals surface area contributed by atoms with E-state index in [9.17, 15) is 0 Å². The van der Waals surface area contributed by atoms with E-state index in [1.54, 1.807) is 6.21 Å². The van der Waals surface area contributed by atoms with Gasteiger partial charge in [-0.1, -0.05) is 42.5 Å². The van der Waals surface area contributed by atoms with E-state index in [0.29, 0.717) is 12.1 Å². The van der Waals surface area contributed by atoms with Crippen LogP contribution in [0.1, 0.15) is 17.5 Å². The molecule has 26 heavy (non-hydrogen) atoms. The number of benzene rings is 2. The van der Waals surface area contributed by atoms with Crippen molar-refractivity contribution in [2.24, 2.45) is 10.8 Å². The van der Waals surface area contributed by atoms with Crippen LogP contribution in [-0.2, 0) is 6.54 Å². The predicted molar refractivity (Wildman–Crippen MR) is 110 cm³/mol. The third-order valence-electron chi connectivity index (χ3n) is 5.20. The Balaban J connectivity index is 1.36. The molecule has 2 saturated heterocycles. The molecule has 2 aromatic carbocycles. The number of nitrogens with zero attached hydrogens (tertiary/aromatic N) is 3. The van der Waals surface area contributed by atoms with Gasteiger partial charge in [-0.3, -0.25) is 10.3 Å². The first-order valence-corrected chi connectivity index (χ1v) is 9.33. The van der Waals surface area contributed by atoms with Crippen molar-refractivity contribution in [1.29, 1.82) is 0 Å². The summed E-state index contributed by atoms with van der Waals surface area (Å²) in [4.78, 5) is 5.17. The number of hydrazone groups is 1. The average molecular weight is 366 g/mol. The second-order valence-corrected chi connectivity index (χ2v) is 7.38. The molecule has 6 heteroatoms. The first-order valence-electron chi connectivity index (χ1n) is 8.92. The van der Waals surface area contributed by atoms with Gasteiger partial charge in [0.25, 0.3) is 0 Å². The maximum atomic E-state index is 5.35. The zero-order chi connectivity index (χ0) is 17.9. The summed E-state index contributed by atoms with van der Waals surface area (Å²) in [6, 6.07) is 20.5. The molecule has 0 unspecified atom stereocenters. The van der Waals surface area contributed by atoms with E-state index >= 15 is 0 Å². The molecule has 2 aliphatic rings. The molecule has 0 aliphatic carbocycles. The van der Waals surface area contributed by atoms with Crippen LogP contribution in [0.4, 0.5) is 5.69 Å². The first kappa shape index (κ1) is 17.0. The van der Waals surface area contributed by atoms with Crippen molar-refractivity contribution in [3.63, 3.8) is 0 Å². The summed E-state index contributed by atoms with van der Waals surface area (Å²) in [6.07, 6.45) is 2.98. The molecule has 2 aliphatic heterocycles. The van der Waals surface area contributed by atoms with Crippen molar-refractivity contribution in [2.45, 2.75) is 25.0 Å². The lowest BCUT2D eigenvalue weighted by atomic mass is 10.1. The molecule has 2 heterocycles. The quantitative estimate of drug-likeness (QED) is 0.484. The van der Waals surface area contributed by atoms with Gasteiger partial charge in [0, 0.05) is 37.4 Å². The van der Waals surface area contributed by atoms with Gasteiger partial charge in [0.2, 0.25) is 0 Å². The van der Waals surface area contributed by atoms with E-state index in [1.165, 1.54) is 17.7 Å². The van der Waals surface area contributed by atoms with Crippen LogP contribution in [-0.4, -0.2) is 41.4 Å². The van der Waals surface area contributed by atoms with Crippen molar-refractivity contribution in [3.05, 3.63) is 65.7 Å². The zero-order valence-electron chi connectivity index (χ0n) is 14.6. The highest BCUT2D eigenvalue weighted by molar-refractivity contribution is 7.80. The fourth-order valence-corrected chi connectivity index (χ4v) is 4.05. The van der Waals surface area contributed by atoms with Crippen molar-refractivity contribution in [3.8, 4) is 0 Å². The van der Waals surface area contributed by atoms with Crippen molar-refractivity contribution in [1.82, 2.24) is 10.3 Å². The molecule has 3 N–H and O–H groups in total. The summed E-state index contributed by atoms with van der Waals surface area (Å²) >= 11 is 4.73. The van der Waals surface area contributed by atoms with Crippen LogP contribution >= 0.6 is 12.2 Å². The Bertz CT molecular complexity index is 790. The van der Waals surface area contributed by atoms with E-state index in [4.69, 9.17) is 18.0 Å². The summed E-state index contributed by atoms with van der Waals surface area (Å²) in [7, 11) is 0. The van der Waals surface area contributed by atoms with Gasteiger partial charge in [0.1, 0.15) is 0 Å². The predicted octanol–water partition coefficient (Wildman–Crippen LogP) is 2.32. The molecule has 134 valence electrons. The van der Waals surface area contributed by atoms with Gasteiger partial charge in [0.05, 0.1) is 6.21 Å². The van der Waals surface area contributed by atoms with Crippen LogP contribution in [0.25, 0.3) is 0 Å². The Morgan fingerprint density at radius 1 is 1.12 bits per heavy atom. The van der Waals surface area contributed by atoms with E-state index in [0.717, 1.165) is 25.2 Å². The maximum Gasteiger partial charge on any atom is 0.184 e. The number of hydrogen-bond acceptors (Lipinski definition) is 4. The number of rotatable bonds is 5. The molecule has 5 nitrogen and oxygen atoms in total. The molecule has 0 aromatic heterocycles. The Kier molecular flexibility index (Phi) is 4.86. The van der Waals surface area contributed by atoms with Gasteiger partial charge >= 0.3 is 0 Å². The molecule has 0 saturated carbocycles. The van der Waals surface area contributed by atoms with Gasteiger partial charge in [0.15, 0.2) is 5.11 Å². The monoisotopic (exact) mass is 365 g/mol. The smallest absolute Gasteiger partial charge is 0.184 e. The largest absolute Gasteiger partial charge is 0.375 e. The van der Waals surface area contributed by atoms with Crippen molar-refractivity contribution in [2.75, 3.05) is 18.0 Å². The maximum absolute atomic E-state index is 5.35. The highest BCUT2D eigenvalue weighted by Crippen LogP contribution is 2.35. The molecule has 0 amide bonds. The minimum absolute atomic E-state index is 0.172. The van der Waals surface area contributed by atoms with Crippen LogP contribution in [0.15, 0.2) is 59.7 Å². The highest BCUT2D eigenvalue weighted by atomic mass is 32.1. The van der Waals surface area contributed by atoms with E-state index in [1.807, 2.05) is 0 Å². The third kappa shape index (κ3) is 3.71. The lowest BCUT2D eigenvalue weighted by Gasteiger charge is -2.35. The fraction of sp³-hybridized carbons (Fsp3) is 0.300. The van der Waals surface area contributed by atoms with Crippen molar-refractivity contribution >= 4 is 29.2 Å². The number of piperazine rings is 1. The standard InChI is InChI=1S/C20H23N5S/c21-20(26)23-22-11-15-6-8-17(9-7-15)25-14-18-10-19(25)13-24(18)12-16-4-2-1-3-5-16/h1-9,11,18-19H,10,12-14H2,(H3,21,23,26)/t18-,19-/m0/s1. The Labute approximate surface area is 159 Å². The molecular weight excluding hydrogens is 342 g/mol. The molecule has 2 bridgehead atoms. The Morgan fingerprint density at radius 2 is 1.88 bits per heavy atom. The summed E-state index contributed by atoms with van der Waals surface area (Å²) in [5, 5.41) is 4.17. The Morgan fingerprint density at radius 3 is 2.54 bits per heavy atom. The lowest BCUT2D eigenvalue weighted by molar-refractivity contribution is 0.230. The minimum atomic E-state index is 0.172. The number of likely N-dealkylation sites (tertiary alicyclic amines) is 1. The second-order valence-electron chi connectivity index (χ2n) is 6.94. The lowest BCUT2D eigenvalue weighted by Crippen LogP contribution is -2.46. The zero-order valence-corrected chi connectivity index (χ0v) is 15.4. The van der Waals surface area contributed by atoms with Gasteiger partial charge < -0.3 is 10.6 Å². The highest BCUT2D eigenvalue weighted by Gasteiger charge is 2.42. The Hall–Kier alpha value is -2.44. The van der Waals surface area contributed by atoms with Gasteiger partial charge in [-0.15, -0.1) is 0 Å². The van der Waals surface area contributed by atoms with Crippen LogP contribution in [0.5, 0.6) is 0 Å². The van der Waals surface area contributed by atoms with Crippen LogP contribution in [0.3, 0.4) is 0 Å². The summed E-state index contributed by atoms with van der Waals surface area (Å²) in [5.41, 5.74) is 11.6. The summed E-state index contributed by atoms with van der Waals surface area (Å²) in [5.74, 6) is 0. The first-order chi connectivity index (χ1) is 12.7. The van der Waals surface area contributed by atoms with Gasteiger partial charge in [-0.25, -0.2) is 0 Å². The molecule has 4 rings (SSSR count). The van der Waals surface area contributed by atoms with Crippen LogP contribution in [0, 0.1) is 0 Å². The molecule has 2 fully saturated rings. The average Bonchev–Trinajstić information content (AvgIpc) is 3.23. The molecule has 0 spiro atoms.